The minimum Gasteiger partial charge on any atom is -0.395 e. The Balaban J connectivity index is 0. The van der Waals surface area contributed by atoms with Crippen LogP contribution in [0.15, 0.2) is 0 Å². The second kappa shape index (κ2) is 10.8. The molecule has 0 saturated carbocycles. The molecular formula is C6H18N2O5S. The predicted molar refractivity (Wildman–Crippen MR) is 52.4 cm³/mol. The third kappa shape index (κ3) is 41.1. The predicted octanol–water partition coefficient (Wildman–Crippen LogP) is -1.35. The molecule has 1 saturated heterocycles. The molecule has 8 heteroatoms. The van der Waals surface area contributed by atoms with Crippen molar-refractivity contribution >= 4 is 10.4 Å². The first-order valence-corrected chi connectivity index (χ1v) is 5.53. The number of hydrogen-bond acceptors (Lipinski definition) is 5. The molecule has 0 aromatic heterocycles. The van der Waals surface area contributed by atoms with Crippen LogP contribution < -0.4 is 11.1 Å². The van der Waals surface area contributed by atoms with Crippen LogP contribution in [-0.2, 0) is 10.4 Å². The van der Waals surface area contributed by atoms with Gasteiger partial charge in [-0.15, -0.1) is 0 Å². The van der Waals surface area contributed by atoms with Crippen LogP contribution in [0.2, 0.25) is 0 Å². The molecule has 0 unspecified atom stereocenters. The van der Waals surface area contributed by atoms with Gasteiger partial charge in [-0.1, -0.05) is 0 Å². The quantitative estimate of drug-likeness (QED) is 0.352. The minimum absolute atomic E-state index is 0.0972. The van der Waals surface area contributed by atoms with Gasteiger partial charge in [0, 0.05) is 6.54 Å². The summed E-state index contributed by atoms with van der Waals surface area (Å²) in [6.45, 7) is 2.97. The van der Waals surface area contributed by atoms with Crippen molar-refractivity contribution in [3.63, 3.8) is 0 Å². The number of hydrogen-bond donors (Lipinski definition) is 5. The molecule has 0 amide bonds. The molecule has 0 bridgehead atoms. The van der Waals surface area contributed by atoms with Gasteiger partial charge in [-0.05, 0) is 25.9 Å². The standard InChI is InChI=1S/C4H9N.C2H7NO.H2O4S/c1-2-4-5-3-1;3-1-2-4;1-5(2,3)4/h5H,1-4H2;4H,1-3H2;(H2,1,2,3,4). The number of rotatable bonds is 1. The SMILES string of the molecule is C1CCNC1.NCCO.O=S(=O)(O)O. The molecule has 14 heavy (non-hydrogen) atoms. The van der Waals surface area contributed by atoms with Crippen molar-refractivity contribution in [3.8, 4) is 0 Å². The lowest BCUT2D eigenvalue weighted by Gasteiger charge is -1.76. The monoisotopic (exact) mass is 230 g/mol. The van der Waals surface area contributed by atoms with E-state index < -0.39 is 10.4 Å². The summed E-state index contributed by atoms with van der Waals surface area (Å²) < 4.78 is 31.6. The van der Waals surface area contributed by atoms with Gasteiger partial charge < -0.3 is 16.2 Å². The van der Waals surface area contributed by atoms with Gasteiger partial charge in [0.1, 0.15) is 0 Å². The largest absolute Gasteiger partial charge is 0.395 e. The molecule has 7 nitrogen and oxygen atoms in total. The molecular weight excluding hydrogens is 212 g/mol. The molecule has 0 aliphatic carbocycles. The molecule has 0 atom stereocenters. The fourth-order valence-corrected chi connectivity index (χ4v) is 0.625. The molecule has 6 N–H and O–H groups in total. The van der Waals surface area contributed by atoms with Crippen molar-refractivity contribution in [2.75, 3.05) is 26.2 Å². The van der Waals surface area contributed by atoms with E-state index >= 15 is 0 Å². The van der Waals surface area contributed by atoms with E-state index in [-0.39, 0.29) is 6.61 Å². The molecule has 0 radical (unpaired) electrons. The first-order chi connectivity index (χ1) is 6.41. The summed E-state index contributed by atoms with van der Waals surface area (Å²) in [6, 6.07) is 0. The highest BCUT2D eigenvalue weighted by Gasteiger charge is 1.93. The fourth-order valence-electron chi connectivity index (χ4n) is 0.625. The topological polar surface area (TPSA) is 133 Å². The Morgan fingerprint density at radius 1 is 1.21 bits per heavy atom. The van der Waals surface area contributed by atoms with E-state index in [1.807, 2.05) is 0 Å². The zero-order chi connectivity index (χ0) is 11.4. The molecule has 1 heterocycles. The number of nitrogens with two attached hydrogens (primary N) is 1. The van der Waals surface area contributed by atoms with Crippen LogP contribution in [0, 0.1) is 0 Å². The average Bonchev–Trinajstić information content (AvgIpc) is 2.57. The normalized spacial score (nSPS) is 14.9. The van der Waals surface area contributed by atoms with Gasteiger partial charge in [0.2, 0.25) is 0 Å². The maximum Gasteiger partial charge on any atom is 0.394 e. The van der Waals surface area contributed by atoms with Gasteiger partial charge in [-0.3, -0.25) is 9.11 Å². The highest BCUT2D eigenvalue weighted by atomic mass is 32.3. The van der Waals surface area contributed by atoms with Crippen LogP contribution in [0.4, 0.5) is 0 Å². The molecule has 0 aromatic rings. The summed E-state index contributed by atoms with van der Waals surface area (Å²) in [7, 11) is -4.67. The van der Waals surface area contributed by atoms with E-state index in [1.165, 1.54) is 25.9 Å². The summed E-state index contributed by atoms with van der Waals surface area (Å²) in [5, 5.41) is 11.0. The first-order valence-electron chi connectivity index (χ1n) is 4.13. The van der Waals surface area contributed by atoms with Gasteiger partial charge in [0.25, 0.3) is 0 Å². The minimum atomic E-state index is -4.67. The Labute approximate surface area is 83.9 Å². The highest BCUT2D eigenvalue weighted by Crippen LogP contribution is 1.90. The van der Waals surface area contributed by atoms with E-state index in [0.717, 1.165) is 0 Å². The smallest absolute Gasteiger partial charge is 0.394 e. The Morgan fingerprint density at radius 2 is 1.50 bits per heavy atom. The van der Waals surface area contributed by atoms with Crippen LogP contribution in [0.5, 0.6) is 0 Å². The lowest BCUT2D eigenvalue weighted by atomic mass is 10.4. The zero-order valence-corrected chi connectivity index (χ0v) is 8.70. The van der Waals surface area contributed by atoms with Gasteiger partial charge >= 0.3 is 10.4 Å². The van der Waals surface area contributed by atoms with Crippen molar-refractivity contribution < 1.29 is 22.6 Å². The summed E-state index contributed by atoms with van der Waals surface area (Å²) >= 11 is 0. The van der Waals surface area contributed by atoms with Crippen molar-refractivity contribution in [1.82, 2.24) is 5.32 Å². The van der Waals surface area contributed by atoms with Crippen molar-refractivity contribution in [3.05, 3.63) is 0 Å². The van der Waals surface area contributed by atoms with Gasteiger partial charge in [-0.25, -0.2) is 0 Å². The van der Waals surface area contributed by atoms with Crippen LogP contribution in [-0.4, -0.2) is 48.9 Å². The second-order valence-corrected chi connectivity index (χ2v) is 3.31. The lowest BCUT2D eigenvalue weighted by molar-refractivity contribution is 0.306. The molecule has 1 aliphatic heterocycles. The Kier molecular flexibility index (Phi) is 12.5. The summed E-state index contributed by atoms with van der Waals surface area (Å²) in [5.41, 5.74) is 4.78. The number of aliphatic hydroxyl groups is 1. The summed E-state index contributed by atoms with van der Waals surface area (Å²) in [6.07, 6.45) is 2.78. The summed E-state index contributed by atoms with van der Waals surface area (Å²) in [4.78, 5) is 0. The highest BCUT2D eigenvalue weighted by molar-refractivity contribution is 7.79. The first kappa shape index (κ1) is 16.2. The Morgan fingerprint density at radius 3 is 1.57 bits per heavy atom. The van der Waals surface area contributed by atoms with Crippen LogP contribution in [0.1, 0.15) is 12.8 Å². The van der Waals surface area contributed by atoms with Crippen LogP contribution in [0.25, 0.3) is 0 Å². The maximum absolute atomic E-state index is 8.74. The number of aliphatic hydroxyl groups excluding tert-OH is 1. The second-order valence-electron chi connectivity index (χ2n) is 2.42. The molecule has 0 spiro atoms. The molecule has 1 rings (SSSR count). The lowest BCUT2D eigenvalue weighted by Crippen LogP contribution is -2.03. The molecule has 0 aromatic carbocycles. The van der Waals surface area contributed by atoms with Gasteiger partial charge in [-0.2, -0.15) is 8.42 Å². The third-order valence-electron chi connectivity index (χ3n) is 1.09. The van der Waals surface area contributed by atoms with Gasteiger partial charge in [0.05, 0.1) is 6.61 Å². The van der Waals surface area contributed by atoms with E-state index in [9.17, 15) is 0 Å². The third-order valence-corrected chi connectivity index (χ3v) is 1.09. The molecule has 1 fully saturated rings. The van der Waals surface area contributed by atoms with E-state index in [2.05, 4.69) is 5.32 Å². The molecule has 88 valence electrons. The molecule has 1 aliphatic rings. The fraction of sp³-hybridized carbons (Fsp3) is 1.00. The number of nitrogens with one attached hydrogen (secondary N) is 1. The van der Waals surface area contributed by atoms with Gasteiger partial charge in [0.15, 0.2) is 0 Å². The van der Waals surface area contributed by atoms with E-state index in [1.54, 1.807) is 0 Å². The van der Waals surface area contributed by atoms with E-state index in [4.69, 9.17) is 28.4 Å². The van der Waals surface area contributed by atoms with Crippen LogP contribution >= 0.6 is 0 Å². The van der Waals surface area contributed by atoms with Crippen LogP contribution in [0.3, 0.4) is 0 Å². The van der Waals surface area contributed by atoms with Crippen molar-refractivity contribution in [2.45, 2.75) is 12.8 Å². The summed E-state index contributed by atoms with van der Waals surface area (Å²) in [5.74, 6) is 0. The maximum atomic E-state index is 8.74. The van der Waals surface area contributed by atoms with Crippen molar-refractivity contribution in [2.24, 2.45) is 5.73 Å². The average molecular weight is 230 g/mol. The Hall–Kier alpha value is -0.250. The Bertz CT molecular complexity index is 173. The van der Waals surface area contributed by atoms with Crippen molar-refractivity contribution in [1.29, 1.82) is 0 Å². The zero-order valence-electron chi connectivity index (χ0n) is 7.89. The van der Waals surface area contributed by atoms with E-state index in [0.29, 0.717) is 6.54 Å².